The van der Waals surface area contributed by atoms with Gasteiger partial charge in [0.05, 0.1) is 11.6 Å². The van der Waals surface area contributed by atoms with Gasteiger partial charge in [0.2, 0.25) is 0 Å². The number of rotatable bonds is 4. The highest BCUT2D eigenvalue weighted by Gasteiger charge is 2.24. The Morgan fingerprint density at radius 3 is 3.00 bits per heavy atom. The average molecular weight is 325 g/mol. The first-order valence-corrected chi connectivity index (χ1v) is 8.15. The van der Waals surface area contributed by atoms with Gasteiger partial charge in [-0.3, -0.25) is 0 Å². The van der Waals surface area contributed by atoms with Gasteiger partial charge in [-0.15, -0.1) is 0 Å². The first-order chi connectivity index (χ1) is 8.72. The summed E-state index contributed by atoms with van der Waals surface area (Å²) < 4.78 is 0.980. The monoisotopic (exact) mass is 324 g/mol. The Bertz CT molecular complexity index is 456. The lowest BCUT2D eigenvalue weighted by Crippen LogP contribution is -2.16. The third-order valence-corrected chi connectivity index (χ3v) is 5.13. The second kappa shape index (κ2) is 6.49. The van der Waals surface area contributed by atoms with Crippen molar-refractivity contribution < 1.29 is 0 Å². The van der Waals surface area contributed by atoms with E-state index in [1.807, 2.05) is 18.2 Å². The summed E-state index contributed by atoms with van der Waals surface area (Å²) in [5, 5.41) is 13.2. The van der Waals surface area contributed by atoms with Crippen molar-refractivity contribution in [3.63, 3.8) is 0 Å². The van der Waals surface area contributed by atoms with E-state index in [0.29, 0.717) is 11.6 Å². The van der Waals surface area contributed by atoms with Gasteiger partial charge >= 0.3 is 0 Å². The molecule has 2 unspecified atom stereocenters. The van der Waals surface area contributed by atoms with Gasteiger partial charge in [-0.2, -0.15) is 17.0 Å². The van der Waals surface area contributed by atoms with Gasteiger partial charge in [0.15, 0.2) is 0 Å². The molecule has 0 bridgehead atoms. The van der Waals surface area contributed by atoms with Crippen LogP contribution < -0.4 is 5.32 Å². The second-order valence-corrected chi connectivity index (χ2v) is 6.97. The first kappa shape index (κ1) is 13.8. The molecule has 1 N–H and O–H groups in total. The summed E-state index contributed by atoms with van der Waals surface area (Å²) in [6.45, 7) is 2.22. The Morgan fingerprint density at radius 1 is 1.50 bits per heavy atom. The molecule has 96 valence electrons. The maximum absolute atomic E-state index is 8.84. The molecule has 0 aromatic heterocycles. The van der Waals surface area contributed by atoms with Crippen LogP contribution in [-0.2, 0) is 0 Å². The van der Waals surface area contributed by atoms with Crippen LogP contribution in [0, 0.1) is 11.3 Å². The predicted octanol–water partition coefficient (Wildman–Crippen LogP) is 4.41. The zero-order valence-electron chi connectivity index (χ0n) is 10.4. The van der Waals surface area contributed by atoms with Gasteiger partial charge in [0.1, 0.15) is 0 Å². The van der Waals surface area contributed by atoms with Gasteiger partial charge in [-0.25, -0.2) is 0 Å². The summed E-state index contributed by atoms with van der Waals surface area (Å²) >= 11 is 5.59. The highest BCUT2D eigenvalue weighted by molar-refractivity contribution is 9.10. The van der Waals surface area contributed by atoms with Crippen molar-refractivity contribution in [3.8, 4) is 6.07 Å². The van der Waals surface area contributed by atoms with Crippen molar-refractivity contribution in [1.82, 2.24) is 0 Å². The smallest absolute Gasteiger partial charge is 0.0992 e. The lowest BCUT2D eigenvalue weighted by molar-refractivity contribution is 0.756. The maximum Gasteiger partial charge on any atom is 0.0992 e. The molecule has 2 nitrogen and oxygen atoms in total. The molecule has 0 spiro atoms. The molecule has 1 aromatic rings. The Labute approximate surface area is 121 Å². The van der Waals surface area contributed by atoms with E-state index in [1.165, 1.54) is 25.0 Å². The molecule has 18 heavy (non-hydrogen) atoms. The van der Waals surface area contributed by atoms with Crippen LogP contribution in [-0.4, -0.2) is 17.0 Å². The molecule has 1 saturated carbocycles. The molecule has 1 aromatic carbocycles. The third kappa shape index (κ3) is 3.43. The summed E-state index contributed by atoms with van der Waals surface area (Å²) in [4.78, 5) is 0. The van der Waals surface area contributed by atoms with Crippen LogP contribution in [0.1, 0.15) is 31.7 Å². The fourth-order valence-electron chi connectivity index (χ4n) is 2.38. The molecule has 1 aliphatic rings. The van der Waals surface area contributed by atoms with E-state index in [-0.39, 0.29) is 0 Å². The standard InChI is InChI=1S/C14H17BrN2S/c1-2-18-12-5-4-11(8-12)17-14-6-3-10(9-16)7-13(14)15/h3,6-7,11-12,17H,2,4-5,8H2,1H3. The van der Waals surface area contributed by atoms with Crippen molar-refractivity contribution in [3.05, 3.63) is 28.2 Å². The van der Waals surface area contributed by atoms with E-state index in [2.05, 4.69) is 46.0 Å². The maximum atomic E-state index is 8.84. The van der Waals surface area contributed by atoms with Gasteiger partial charge in [0.25, 0.3) is 0 Å². The largest absolute Gasteiger partial charge is 0.381 e. The predicted molar refractivity (Wildman–Crippen MR) is 82.0 cm³/mol. The van der Waals surface area contributed by atoms with E-state index in [1.54, 1.807) is 0 Å². The minimum absolute atomic E-state index is 0.568. The van der Waals surface area contributed by atoms with E-state index < -0.39 is 0 Å². The fourth-order valence-corrected chi connectivity index (χ4v) is 4.02. The zero-order valence-corrected chi connectivity index (χ0v) is 12.9. The van der Waals surface area contributed by atoms with Crippen molar-refractivity contribution >= 4 is 33.4 Å². The Morgan fingerprint density at radius 2 is 2.33 bits per heavy atom. The number of benzene rings is 1. The molecule has 1 aliphatic carbocycles. The summed E-state index contributed by atoms with van der Waals surface area (Å²) in [6, 6.07) is 8.44. The van der Waals surface area contributed by atoms with Crippen LogP contribution in [0.25, 0.3) is 0 Å². The third-order valence-electron chi connectivity index (χ3n) is 3.24. The quantitative estimate of drug-likeness (QED) is 0.891. The lowest BCUT2D eigenvalue weighted by Gasteiger charge is -2.16. The van der Waals surface area contributed by atoms with Crippen molar-refractivity contribution in [2.75, 3.05) is 11.1 Å². The number of nitriles is 1. The van der Waals surface area contributed by atoms with Crippen LogP contribution in [0.3, 0.4) is 0 Å². The number of thioether (sulfide) groups is 1. The summed E-state index contributed by atoms with van der Waals surface area (Å²) in [6.07, 6.45) is 3.79. The number of halogens is 1. The highest BCUT2D eigenvalue weighted by atomic mass is 79.9. The minimum Gasteiger partial charge on any atom is -0.381 e. The fraction of sp³-hybridized carbons (Fsp3) is 0.500. The Kier molecular flexibility index (Phi) is 4.96. The molecular weight excluding hydrogens is 308 g/mol. The van der Waals surface area contributed by atoms with Gasteiger partial charge in [-0.05, 0) is 59.1 Å². The van der Waals surface area contributed by atoms with Crippen molar-refractivity contribution in [1.29, 1.82) is 5.26 Å². The van der Waals surface area contributed by atoms with Gasteiger partial charge in [-0.1, -0.05) is 6.92 Å². The van der Waals surface area contributed by atoms with Crippen molar-refractivity contribution in [2.45, 2.75) is 37.5 Å². The highest BCUT2D eigenvalue weighted by Crippen LogP contribution is 2.33. The first-order valence-electron chi connectivity index (χ1n) is 6.30. The SMILES string of the molecule is CCSC1CCC(Nc2ccc(C#N)cc2Br)C1. The number of nitrogens with one attached hydrogen (secondary N) is 1. The minimum atomic E-state index is 0.568. The van der Waals surface area contributed by atoms with Crippen molar-refractivity contribution in [2.24, 2.45) is 0 Å². The number of hydrogen-bond acceptors (Lipinski definition) is 3. The topological polar surface area (TPSA) is 35.8 Å². The molecule has 0 heterocycles. The molecule has 0 radical (unpaired) electrons. The van der Waals surface area contributed by atoms with Crippen LogP contribution in [0.15, 0.2) is 22.7 Å². The summed E-state index contributed by atoms with van der Waals surface area (Å²) in [7, 11) is 0. The Hall–Kier alpha value is -0.660. The van der Waals surface area contributed by atoms with Gasteiger partial charge < -0.3 is 5.32 Å². The zero-order chi connectivity index (χ0) is 13.0. The van der Waals surface area contributed by atoms with Crippen LogP contribution >= 0.6 is 27.7 Å². The van der Waals surface area contributed by atoms with Gasteiger partial charge in [0, 0.05) is 21.5 Å². The van der Waals surface area contributed by atoms with E-state index in [0.717, 1.165) is 15.4 Å². The normalized spacial score (nSPS) is 22.7. The molecule has 0 amide bonds. The average Bonchev–Trinajstić information content (AvgIpc) is 2.80. The van der Waals surface area contributed by atoms with E-state index in [9.17, 15) is 0 Å². The molecule has 2 atom stereocenters. The van der Waals surface area contributed by atoms with Crippen LogP contribution in [0.5, 0.6) is 0 Å². The molecule has 0 aliphatic heterocycles. The molecule has 4 heteroatoms. The molecular formula is C14H17BrN2S. The number of hydrogen-bond donors (Lipinski definition) is 1. The lowest BCUT2D eigenvalue weighted by atomic mass is 10.2. The Balaban J connectivity index is 1.96. The van der Waals surface area contributed by atoms with Crippen LogP contribution in [0.2, 0.25) is 0 Å². The summed E-state index contributed by atoms with van der Waals surface area (Å²) in [5.41, 5.74) is 1.79. The molecule has 2 rings (SSSR count). The van der Waals surface area contributed by atoms with E-state index in [4.69, 9.17) is 5.26 Å². The number of nitrogens with zero attached hydrogens (tertiary/aromatic N) is 1. The molecule has 0 saturated heterocycles. The van der Waals surface area contributed by atoms with Crippen LogP contribution in [0.4, 0.5) is 5.69 Å². The second-order valence-electron chi connectivity index (χ2n) is 4.54. The van der Waals surface area contributed by atoms with E-state index >= 15 is 0 Å². The summed E-state index contributed by atoms with van der Waals surface area (Å²) in [5.74, 6) is 1.21. The number of anilines is 1. The molecule has 1 fully saturated rings.